The van der Waals surface area contributed by atoms with Gasteiger partial charge in [-0.1, -0.05) is 187 Å². The maximum Gasteiger partial charge on any atom is 0.0462 e. The van der Waals surface area contributed by atoms with E-state index in [0.717, 1.165) is 33.8 Å². The predicted molar refractivity (Wildman–Crippen MR) is 215 cm³/mol. The molecule has 0 atom stereocenters. The highest BCUT2D eigenvalue weighted by atomic mass is 15.1. The Labute approximate surface area is 291 Å². The molecule has 6 aromatic rings. The first-order valence-corrected chi connectivity index (χ1v) is 16.8. The van der Waals surface area contributed by atoms with Gasteiger partial charge in [0.15, 0.2) is 0 Å². The molecule has 49 heavy (non-hydrogen) atoms. The molecule has 0 amide bonds. The number of aryl methyl sites for hydroxylation is 2. The number of allylic oxidation sites excluding steroid dienone is 4. The molecule has 0 radical (unpaired) electrons. The monoisotopic (exact) mass is 631 g/mol. The van der Waals surface area contributed by atoms with Gasteiger partial charge >= 0.3 is 0 Å². The first kappa shape index (κ1) is 32.7. The Morgan fingerprint density at radius 1 is 0.286 bits per heavy atom. The Morgan fingerprint density at radius 3 is 0.878 bits per heavy atom. The highest BCUT2D eigenvalue weighted by Gasteiger charge is 2.12. The van der Waals surface area contributed by atoms with E-state index in [1.54, 1.807) is 0 Å². The number of rotatable bonds is 11. The lowest BCUT2D eigenvalue weighted by Gasteiger charge is -2.26. The lowest BCUT2D eigenvalue weighted by molar-refractivity contribution is 1.28. The summed E-state index contributed by atoms with van der Waals surface area (Å²) in [4.78, 5) is 2.31. The lowest BCUT2D eigenvalue weighted by Crippen LogP contribution is -2.09. The summed E-state index contributed by atoms with van der Waals surface area (Å²) in [6.07, 6.45) is 21.2. The van der Waals surface area contributed by atoms with Gasteiger partial charge in [0.05, 0.1) is 0 Å². The van der Waals surface area contributed by atoms with Crippen LogP contribution >= 0.6 is 0 Å². The van der Waals surface area contributed by atoms with Crippen molar-refractivity contribution in [3.05, 3.63) is 220 Å². The van der Waals surface area contributed by atoms with E-state index in [2.05, 4.69) is 225 Å². The minimum absolute atomic E-state index is 1.10. The smallest absolute Gasteiger partial charge is 0.0462 e. The van der Waals surface area contributed by atoms with Crippen LogP contribution in [0, 0.1) is 13.8 Å². The normalized spacial score (nSPS) is 11.9. The maximum atomic E-state index is 2.31. The fourth-order valence-electron chi connectivity index (χ4n) is 5.43. The quantitative estimate of drug-likeness (QED) is 0.102. The molecule has 1 nitrogen and oxygen atoms in total. The standard InChI is InChI=1S/C48H41N/c1-38-16-20-41(21-17-38)12-6-8-14-43-26-32-46(33-27-43)49(48-36-30-45(31-37-48)25-24-40-10-4-3-5-11-40)47-34-28-44(29-35-47)15-9-7-13-42-22-18-39(2)19-23-42/h3-37H,1-2H3/b12-6+,13-7+,14-8+,15-9+,25-24+. The fraction of sp³-hybridized carbons (Fsp3) is 0.0417. The van der Waals surface area contributed by atoms with Crippen LogP contribution in [0.1, 0.15) is 44.5 Å². The molecule has 0 saturated heterocycles. The van der Waals surface area contributed by atoms with Crippen LogP contribution < -0.4 is 4.90 Å². The number of hydrogen-bond acceptors (Lipinski definition) is 1. The summed E-state index contributed by atoms with van der Waals surface area (Å²) in [5.41, 5.74) is 12.9. The van der Waals surface area contributed by atoms with E-state index in [-0.39, 0.29) is 0 Å². The molecule has 0 fully saturated rings. The van der Waals surface area contributed by atoms with E-state index < -0.39 is 0 Å². The topological polar surface area (TPSA) is 3.24 Å². The van der Waals surface area contributed by atoms with Crippen molar-refractivity contribution in [2.75, 3.05) is 4.90 Å². The summed E-state index contributed by atoms with van der Waals surface area (Å²) in [7, 11) is 0. The molecule has 0 aliphatic heterocycles. The van der Waals surface area contributed by atoms with E-state index in [1.807, 2.05) is 6.07 Å². The van der Waals surface area contributed by atoms with Crippen LogP contribution in [0.4, 0.5) is 17.1 Å². The molecule has 0 spiro atoms. The van der Waals surface area contributed by atoms with Gasteiger partial charge in [0.25, 0.3) is 0 Å². The van der Waals surface area contributed by atoms with Crippen LogP contribution in [0.3, 0.4) is 0 Å². The van der Waals surface area contributed by atoms with Crippen LogP contribution in [0.25, 0.3) is 36.5 Å². The molecular weight excluding hydrogens is 591 g/mol. The molecule has 238 valence electrons. The van der Waals surface area contributed by atoms with Crippen LogP contribution in [0.15, 0.2) is 176 Å². The van der Waals surface area contributed by atoms with Crippen molar-refractivity contribution in [3.63, 3.8) is 0 Å². The first-order valence-electron chi connectivity index (χ1n) is 16.8. The number of anilines is 3. The molecule has 6 rings (SSSR count). The van der Waals surface area contributed by atoms with Crippen LogP contribution in [-0.4, -0.2) is 0 Å². The Bertz CT molecular complexity index is 1950. The van der Waals surface area contributed by atoms with Crippen LogP contribution in [0.5, 0.6) is 0 Å². The summed E-state index contributed by atoms with van der Waals surface area (Å²) in [5.74, 6) is 0. The molecule has 0 aromatic heterocycles. The SMILES string of the molecule is Cc1ccc(/C=C/C=C/c2ccc(N(c3ccc(/C=C/C=C/c4ccc(C)cc4)cc3)c3ccc(/C=C/c4ccccc4)cc3)cc2)cc1. The van der Waals surface area contributed by atoms with Crippen molar-refractivity contribution in [2.24, 2.45) is 0 Å². The number of benzene rings is 6. The third kappa shape index (κ3) is 9.67. The molecule has 0 saturated carbocycles. The molecule has 0 aliphatic rings. The summed E-state index contributed by atoms with van der Waals surface area (Å²) < 4.78 is 0. The Morgan fingerprint density at radius 2 is 0.551 bits per heavy atom. The largest absolute Gasteiger partial charge is 0.311 e. The van der Waals surface area contributed by atoms with Gasteiger partial charge in [-0.15, -0.1) is 0 Å². The zero-order valence-electron chi connectivity index (χ0n) is 28.2. The van der Waals surface area contributed by atoms with E-state index in [1.165, 1.54) is 27.8 Å². The predicted octanol–water partition coefficient (Wildman–Crippen LogP) is 13.4. The van der Waals surface area contributed by atoms with Gasteiger partial charge in [-0.3, -0.25) is 0 Å². The molecule has 6 aromatic carbocycles. The molecule has 1 heteroatoms. The van der Waals surface area contributed by atoms with Crippen molar-refractivity contribution in [2.45, 2.75) is 13.8 Å². The minimum atomic E-state index is 1.10. The molecular formula is C48H41N. The second-order valence-corrected chi connectivity index (χ2v) is 12.1. The van der Waals surface area contributed by atoms with Gasteiger partial charge in [0.2, 0.25) is 0 Å². The average molecular weight is 632 g/mol. The highest BCUT2D eigenvalue weighted by Crippen LogP contribution is 2.35. The number of nitrogens with zero attached hydrogens (tertiary/aromatic N) is 1. The van der Waals surface area contributed by atoms with Gasteiger partial charge in [-0.25, -0.2) is 0 Å². The molecule has 0 bridgehead atoms. The van der Waals surface area contributed by atoms with E-state index in [9.17, 15) is 0 Å². The van der Waals surface area contributed by atoms with Gasteiger partial charge in [0, 0.05) is 17.1 Å². The summed E-state index contributed by atoms with van der Waals surface area (Å²) in [5, 5.41) is 0. The van der Waals surface area contributed by atoms with Crippen molar-refractivity contribution >= 4 is 53.5 Å². The zero-order valence-corrected chi connectivity index (χ0v) is 28.2. The maximum absolute atomic E-state index is 2.31. The van der Waals surface area contributed by atoms with E-state index in [0.29, 0.717) is 0 Å². The van der Waals surface area contributed by atoms with Gasteiger partial charge in [-0.2, -0.15) is 0 Å². The summed E-state index contributed by atoms with van der Waals surface area (Å²) >= 11 is 0. The fourth-order valence-corrected chi connectivity index (χ4v) is 5.43. The Balaban J connectivity index is 1.21. The van der Waals surface area contributed by atoms with Gasteiger partial charge in [-0.05, 0) is 83.6 Å². The Hall–Kier alpha value is -6.18. The second-order valence-electron chi connectivity index (χ2n) is 12.1. The molecule has 0 heterocycles. The van der Waals surface area contributed by atoms with Crippen LogP contribution in [0.2, 0.25) is 0 Å². The van der Waals surface area contributed by atoms with Gasteiger partial charge in [0.1, 0.15) is 0 Å². The molecule has 0 aliphatic carbocycles. The van der Waals surface area contributed by atoms with E-state index >= 15 is 0 Å². The highest BCUT2D eigenvalue weighted by molar-refractivity contribution is 5.79. The Kier molecular flexibility index (Phi) is 11.1. The molecule has 0 unspecified atom stereocenters. The zero-order chi connectivity index (χ0) is 33.7. The van der Waals surface area contributed by atoms with Crippen molar-refractivity contribution in [1.82, 2.24) is 0 Å². The second kappa shape index (κ2) is 16.6. The minimum Gasteiger partial charge on any atom is -0.311 e. The first-order chi connectivity index (χ1) is 24.1. The lowest BCUT2D eigenvalue weighted by atomic mass is 10.1. The van der Waals surface area contributed by atoms with E-state index in [4.69, 9.17) is 0 Å². The van der Waals surface area contributed by atoms with Crippen LogP contribution in [-0.2, 0) is 0 Å². The van der Waals surface area contributed by atoms with Crippen molar-refractivity contribution in [3.8, 4) is 0 Å². The van der Waals surface area contributed by atoms with Gasteiger partial charge < -0.3 is 4.90 Å². The third-order valence-corrected chi connectivity index (χ3v) is 8.25. The van der Waals surface area contributed by atoms with Crippen molar-refractivity contribution in [1.29, 1.82) is 0 Å². The summed E-state index contributed by atoms with van der Waals surface area (Å²) in [6, 6.07) is 53.7. The molecule has 0 N–H and O–H groups in total. The van der Waals surface area contributed by atoms with Crippen molar-refractivity contribution < 1.29 is 0 Å². The third-order valence-electron chi connectivity index (χ3n) is 8.25. The summed E-state index contributed by atoms with van der Waals surface area (Å²) in [6.45, 7) is 4.22. The average Bonchev–Trinajstić information content (AvgIpc) is 3.15. The number of hydrogen-bond donors (Lipinski definition) is 0.